The summed E-state index contributed by atoms with van der Waals surface area (Å²) in [6.45, 7) is 10.1. The van der Waals surface area contributed by atoms with E-state index in [-0.39, 0.29) is 5.60 Å². The summed E-state index contributed by atoms with van der Waals surface area (Å²) in [6.07, 6.45) is 2.85. The van der Waals surface area contributed by atoms with E-state index in [2.05, 4.69) is 57.7 Å². The molecule has 0 aliphatic carbocycles. The van der Waals surface area contributed by atoms with Crippen molar-refractivity contribution in [1.29, 1.82) is 0 Å². The molecule has 0 atom stereocenters. The molecular formula is C17H20O. The maximum Gasteiger partial charge on any atom is 0.120 e. The van der Waals surface area contributed by atoms with Gasteiger partial charge in [0.25, 0.3) is 0 Å². The molecule has 0 radical (unpaired) electrons. The van der Waals surface area contributed by atoms with Crippen LogP contribution in [-0.2, 0) is 0 Å². The fourth-order valence-electron chi connectivity index (χ4n) is 1.82. The van der Waals surface area contributed by atoms with E-state index in [1.54, 1.807) is 0 Å². The van der Waals surface area contributed by atoms with Crippen LogP contribution in [0.3, 0.4) is 0 Å². The fourth-order valence-corrected chi connectivity index (χ4v) is 1.82. The van der Waals surface area contributed by atoms with Crippen molar-refractivity contribution >= 4 is 16.8 Å². The highest BCUT2D eigenvalue weighted by atomic mass is 16.5. The van der Waals surface area contributed by atoms with Crippen LogP contribution in [0.4, 0.5) is 0 Å². The molecule has 2 aromatic carbocycles. The maximum absolute atomic E-state index is 6.00. The average Bonchev–Trinajstić information content (AvgIpc) is 2.37. The Balaban J connectivity index is 2.36. The second-order valence-corrected chi connectivity index (χ2v) is 5.19. The van der Waals surface area contributed by atoms with Gasteiger partial charge in [0, 0.05) is 0 Å². The molecule has 0 heterocycles. The topological polar surface area (TPSA) is 9.23 Å². The van der Waals surface area contributed by atoms with Gasteiger partial charge in [-0.15, -0.1) is 0 Å². The summed E-state index contributed by atoms with van der Waals surface area (Å²) in [7, 11) is 0. The minimum atomic E-state index is -0.116. The Morgan fingerprint density at radius 1 is 1.11 bits per heavy atom. The zero-order valence-corrected chi connectivity index (χ0v) is 11.4. The number of rotatable bonds is 4. The van der Waals surface area contributed by atoms with Gasteiger partial charge in [-0.2, -0.15) is 0 Å². The van der Waals surface area contributed by atoms with Gasteiger partial charge in [0.15, 0.2) is 0 Å². The van der Waals surface area contributed by atoms with Crippen LogP contribution in [0, 0.1) is 0 Å². The third-order valence-electron chi connectivity index (χ3n) is 3.32. The van der Waals surface area contributed by atoms with Crippen molar-refractivity contribution < 1.29 is 4.74 Å². The summed E-state index contributed by atoms with van der Waals surface area (Å²) in [4.78, 5) is 0. The molecule has 0 bridgehead atoms. The van der Waals surface area contributed by atoms with E-state index in [4.69, 9.17) is 4.74 Å². The molecule has 2 aromatic rings. The smallest absolute Gasteiger partial charge is 0.120 e. The predicted octanol–water partition coefficient (Wildman–Crippen LogP) is 5.05. The first-order valence-electron chi connectivity index (χ1n) is 6.39. The molecule has 0 spiro atoms. The lowest BCUT2D eigenvalue weighted by atomic mass is 10.1. The van der Waals surface area contributed by atoms with E-state index in [0.29, 0.717) is 0 Å². The first-order valence-corrected chi connectivity index (χ1v) is 6.39. The quantitative estimate of drug-likeness (QED) is 0.726. The zero-order chi connectivity index (χ0) is 13.2. The van der Waals surface area contributed by atoms with Crippen LogP contribution >= 0.6 is 0 Å². The largest absolute Gasteiger partial charge is 0.488 e. The lowest BCUT2D eigenvalue weighted by molar-refractivity contribution is 0.105. The van der Waals surface area contributed by atoms with Crippen LogP contribution in [-0.4, -0.2) is 5.60 Å². The van der Waals surface area contributed by atoms with Gasteiger partial charge in [0.1, 0.15) is 11.4 Å². The lowest BCUT2D eigenvalue weighted by Crippen LogP contribution is -2.26. The summed E-state index contributed by atoms with van der Waals surface area (Å²) in [5.41, 5.74) is 1.03. The van der Waals surface area contributed by atoms with Crippen LogP contribution in [0.25, 0.3) is 16.8 Å². The summed E-state index contributed by atoms with van der Waals surface area (Å²) in [5, 5.41) is 2.42. The molecular weight excluding hydrogens is 220 g/mol. The number of ether oxygens (including phenoxy) is 1. The normalized spacial score (nSPS) is 11.5. The van der Waals surface area contributed by atoms with Gasteiger partial charge in [-0.3, -0.25) is 0 Å². The fraction of sp³-hybridized carbons (Fsp3) is 0.294. The molecule has 0 aromatic heterocycles. The Labute approximate surface area is 109 Å². The van der Waals surface area contributed by atoms with Gasteiger partial charge in [-0.25, -0.2) is 0 Å². The highest BCUT2D eigenvalue weighted by Gasteiger charge is 2.16. The molecule has 0 unspecified atom stereocenters. The Morgan fingerprint density at radius 3 is 2.44 bits per heavy atom. The van der Waals surface area contributed by atoms with Crippen LogP contribution in [0.1, 0.15) is 32.8 Å². The summed E-state index contributed by atoms with van der Waals surface area (Å²) < 4.78 is 6.00. The molecule has 18 heavy (non-hydrogen) atoms. The molecule has 94 valence electrons. The number of fused-ring (bicyclic) bond motifs is 1. The summed E-state index contributed by atoms with van der Waals surface area (Å²) >= 11 is 0. The lowest BCUT2D eigenvalue weighted by Gasteiger charge is -2.25. The van der Waals surface area contributed by atoms with E-state index in [9.17, 15) is 0 Å². The zero-order valence-electron chi connectivity index (χ0n) is 11.4. The van der Waals surface area contributed by atoms with Gasteiger partial charge in [0.05, 0.1) is 0 Å². The highest BCUT2D eigenvalue weighted by molar-refractivity contribution is 5.85. The Morgan fingerprint density at radius 2 is 1.78 bits per heavy atom. The second kappa shape index (κ2) is 4.85. The van der Waals surface area contributed by atoms with Crippen molar-refractivity contribution in [3.63, 3.8) is 0 Å². The molecule has 1 heteroatoms. The third kappa shape index (κ3) is 2.73. The molecule has 0 N–H and O–H groups in total. The van der Waals surface area contributed by atoms with Crippen molar-refractivity contribution in [2.45, 2.75) is 32.8 Å². The first-order chi connectivity index (χ1) is 8.54. The van der Waals surface area contributed by atoms with Crippen molar-refractivity contribution in [1.82, 2.24) is 0 Å². The van der Waals surface area contributed by atoms with Gasteiger partial charge >= 0.3 is 0 Å². The standard InChI is InChI=1S/C17H20O/c1-5-13-7-8-15-12-16(10-9-14(15)11-13)18-17(3,4)6-2/h5,7-12H,1,6H2,2-4H3. The molecule has 0 saturated carbocycles. The number of benzene rings is 2. The highest BCUT2D eigenvalue weighted by Crippen LogP contribution is 2.26. The van der Waals surface area contributed by atoms with E-state index in [1.165, 1.54) is 10.8 Å². The molecule has 0 amide bonds. The van der Waals surface area contributed by atoms with E-state index in [1.807, 2.05) is 12.1 Å². The Kier molecular flexibility index (Phi) is 3.42. The molecule has 0 aliphatic rings. The van der Waals surface area contributed by atoms with Crippen LogP contribution in [0.2, 0.25) is 0 Å². The van der Waals surface area contributed by atoms with Gasteiger partial charge in [-0.05, 0) is 54.8 Å². The average molecular weight is 240 g/mol. The Hall–Kier alpha value is -1.76. The molecule has 1 nitrogen and oxygen atoms in total. The molecule has 2 rings (SSSR count). The SMILES string of the molecule is C=Cc1ccc2cc(OC(C)(C)CC)ccc2c1. The van der Waals surface area contributed by atoms with Crippen molar-refractivity contribution in [3.8, 4) is 5.75 Å². The minimum Gasteiger partial charge on any atom is -0.488 e. The minimum absolute atomic E-state index is 0.116. The van der Waals surface area contributed by atoms with E-state index in [0.717, 1.165) is 17.7 Å². The van der Waals surface area contributed by atoms with Gasteiger partial charge in [0.2, 0.25) is 0 Å². The third-order valence-corrected chi connectivity index (χ3v) is 3.32. The second-order valence-electron chi connectivity index (χ2n) is 5.19. The van der Waals surface area contributed by atoms with E-state index < -0.39 is 0 Å². The summed E-state index contributed by atoms with van der Waals surface area (Å²) in [6, 6.07) is 12.6. The molecule has 0 fully saturated rings. The van der Waals surface area contributed by atoms with Crippen LogP contribution in [0.15, 0.2) is 43.0 Å². The Bertz CT molecular complexity index is 567. The maximum atomic E-state index is 6.00. The van der Waals surface area contributed by atoms with Crippen molar-refractivity contribution in [3.05, 3.63) is 48.5 Å². The number of hydrogen-bond donors (Lipinski definition) is 0. The van der Waals surface area contributed by atoms with Crippen LogP contribution in [0.5, 0.6) is 5.75 Å². The van der Waals surface area contributed by atoms with Gasteiger partial charge < -0.3 is 4.74 Å². The number of hydrogen-bond acceptors (Lipinski definition) is 1. The van der Waals surface area contributed by atoms with Crippen molar-refractivity contribution in [2.24, 2.45) is 0 Å². The van der Waals surface area contributed by atoms with Crippen LogP contribution < -0.4 is 4.74 Å². The molecule has 0 aliphatic heterocycles. The monoisotopic (exact) mass is 240 g/mol. The van der Waals surface area contributed by atoms with E-state index >= 15 is 0 Å². The first kappa shape index (κ1) is 12.7. The molecule has 0 saturated heterocycles. The summed E-state index contributed by atoms with van der Waals surface area (Å²) in [5.74, 6) is 0.931. The predicted molar refractivity (Wildman–Crippen MR) is 79.0 cm³/mol. The van der Waals surface area contributed by atoms with Crippen molar-refractivity contribution in [2.75, 3.05) is 0 Å². The van der Waals surface area contributed by atoms with Gasteiger partial charge in [-0.1, -0.05) is 37.8 Å².